The van der Waals surface area contributed by atoms with Crippen LogP contribution >= 0.6 is 15.9 Å². The van der Waals surface area contributed by atoms with Crippen LogP contribution in [0, 0.1) is 0 Å². The maximum atomic E-state index is 12.3. The Bertz CT molecular complexity index is 1200. The van der Waals surface area contributed by atoms with Gasteiger partial charge in [0, 0.05) is 29.4 Å². The van der Waals surface area contributed by atoms with Gasteiger partial charge in [0.05, 0.1) is 0 Å². The summed E-state index contributed by atoms with van der Waals surface area (Å²) in [5.74, 6) is -0.735. The number of ether oxygens (including phenoxy) is 1. The van der Waals surface area contributed by atoms with E-state index >= 15 is 0 Å². The van der Waals surface area contributed by atoms with E-state index in [1.165, 1.54) is 22.3 Å². The fraction of sp³-hybridized carbons (Fsp3) is 0.310. The number of hydrogen-bond acceptors (Lipinski definition) is 4. The molecule has 0 saturated carbocycles. The van der Waals surface area contributed by atoms with Crippen LogP contribution in [0.25, 0.3) is 11.1 Å². The number of aliphatic carboxylic acids is 1. The molecule has 0 unspecified atom stereocenters. The van der Waals surface area contributed by atoms with Crippen LogP contribution in [0.5, 0.6) is 0 Å². The lowest BCUT2D eigenvalue weighted by atomic mass is 9.82. The second kappa shape index (κ2) is 10.8. The standard InChI is InChI=1S/C29H29BrN2O4/c30-20-13-11-19(12-14-20)25-17-32(27(25)28(33)34)16-6-5-15-31-29(35)36-18-26-23-9-3-1-7-21(23)22-8-2-4-10-24(22)26/h1-4,7-14,25-27H,5-6,15-18H2,(H,31,35)(H,33,34)/t25-,27-/m1/s1. The van der Waals surface area contributed by atoms with Crippen molar-refractivity contribution in [1.82, 2.24) is 10.2 Å². The highest BCUT2D eigenvalue weighted by atomic mass is 79.9. The highest BCUT2D eigenvalue weighted by molar-refractivity contribution is 9.10. The van der Waals surface area contributed by atoms with Crippen molar-refractivity contribution in [2.75, 3.05) is 26.2 Å². The Balaban J connectivity index is 1.04. The van der Waals surface area contributed by atoms with Gasteiger partial charge in [-0.2, -0.15) is 0 Å². The number of carboxylic acids is 1. The molecule has 36 heavy (non-hydrogen) atoms. The molecule has 0 radical (unpaired) electrons. The summed E-state index contributed by atoms with van der Waals surface area (Å²) in [5, 5.41) is 12.6. The molecule has 2 aliphatic rings. The molecule has 6 nitrogen and oxygen atoms in total. The first kappa shape index (κ1) is 24.5. The number of halogens is 1. The van der Waals surface area contributed by atoms with Gasteiger partial charge in [0.25, 0.3) is 0 Å². The van der Waals surface area contributed by atoms with E-state index in [9.17, 15) is 14.7 Å². The predicted octanol–water partition coefficient (Wildman–Crippen LogP) is 5.62. The number of nitrogens with one attached hydrogen (secondary N) is 1. The summed E-state index contributed by atoms with van der Waals surface area (Å²) in [4.78, 5) is 26.2. The average molecular weight is 549 g/mol. The molecular weight excluding hydrogens is 520 g/mol. The zero-order valence-corrected chi connectivity index (χ0v) is 21.5. The number of benzene rings is 3. The molecule has 0 aromatic heterocycles. The number of likely N-dealkylation sites (tertiary alicyclic amines) is 1. The van der Waals surface area contributed by atoms with Gasteiger partial charge in [-0.3, -0.25) is 9.69 Å². The van der Waals surface area contributed by atoms with Gasteiger partial charge in [0.15, 0.2) is 0 Å². The Labute approximate surface area is 219 Å². The van der Waals surface area contributed by atoms with Crippen molar-refractivity contribution in [2.24, 2.45) is 0 Å². The second-order valence-corrected chi connectivity index (χ2v) is 10.3. The van der Waals surface area contributed by atoms with E-state index in [1.807, 2.05) is 53.4 Å². The van der Waals surface area contributed by atoms with Crippen LogP contribution < -0.4 is 5.32 Å². The first-order valence-electron chi connectivity index (χ1n) is 12.3. The Morgan fingerprint density at radius 2 is 1.58 bits per heavy atom. The number of carboxylic acid groups (broad SMARTS) is 1. The average Bonchev–Trinajstić information content (AvgIpc) is 3.18. The van der Waals surface area contributed by atoms with E-state index in [4.69, 9.17) is 4.74 Å². The largest absolute Gasteiger partial charge is 0.480 e. The number of rotatable bonds is 9. The molecule has 0 spiro atoms. The molecule has 1 aliphatic carbocycles. The van der Waals surface area contributed by atoms with E-state index in [0.29, 0.717) is 19.7 Å². The van der Waals surface area contributed by atoms with Crippen molar-refractivity contribution >= 4 is 28.0 Å². The van der Waals surface area contributed by atoms with Gasteiger partial charge >= 0.3 is 12.1 Å². The molecule has 2 N–H and O–H groups in total. The van der Waals surface area contributed by atoms with Crippen LogP contribution in [0.2, 0.25) is 0 Å². The molecule has 1 saturated heterocycles. The summed E-state index contributed by atoms with van der Waals surface area (Å²) in [6.07, 6.45) is 1.15. The van der Waals surface area contributed by atoms with Crippen molar-refractivity contribution < 1.29 is 19.4 Å². The molecular formula is C29H29BrN2O4. The van der Waals surface area contributed by atoms with E-state index in [-0.39, 0.29) is 11.8 Å². The first-order valence-corrected chi connectivity index (χ1v) is 13.1. The van der Waals surface area contributed by atoms with Crippen LogP contribution in [-0.4, -0.2) is 54.4 Å². The molecule has 3 aromatic carbocycles. The minimum atomic E-state index is -0.786. The van der Waals surface area contributed by atoms with Crippen LogP contribution in [0.1, 0.15) is 41.4 Å². The highest BCUT2D eigenvalue weighted by Gasteiger charge is 2.44. The van der Waals surface area contributed by atoms with E-state index in [0.717, 1.165) is 29.4 Å². The van der Waals surface area contributed by atoms with Gasteiger partial charge in [-0.1, -0.05) is 76.6 Å². The molecule has 2 atom stereocenters. The SMILES string of the molecule is O=C(NCCCCN1C[C@H](c2ccc(Br)cc2)[C@@H]1C(=O)O)OCC1c2ccccc2-c2ccccc21. The Hall–Kier alpha value is -3.16. The van der Waals surface area contributed by atoms with Crippen LogP contribution in [0.4, 0.5) is 4.79 Å². The Kier molecular flexibility index (Phi) is 7.39. The third-order valence-electron chi connectivity index (χ3n) is 7.24. The molecule has 1 fully saturated rings. The molecule has 5 rings (SSSR count). The molecule has 0 bridgehead atoms. The van der Waals surface area contributed by atoms with Crippen molar-refractivity contribution in [3.05, 3.63) is 94.0 Å². The molecule has 1 amide bonds. The summed E-state index contributed by atoms with van der Waals surface area (Å²) in [5.41, 5.74) is 5.84. The minimum Gasteiger partial charge on any atom is -0.480 e. The fourth-order valence-corrected chi connectivity index (χ4v) is 5.68. The molecule has 1 heterocycles. The zero-order chi connectivity index (χ0) is 25.1. The topological polar surface area (TPSA) is 78.9 Å². The van der Waals surface area contributed by atoms with E-state index in [1.54, 1.807) is 0 Å². The third-order valence-corrected chi connectivity index (χ3v) is 7.77. The number of unbranched alkanes of at least 4 members (excludes halogenated alkanes) is 1. The van der Waals surface area contributed by atoms with Crippen molar-refractivity contribution in [1.29, 1.82) is 0 Å². The van der Waals surface area contributed by atoms with Crippen LogP contribution in [0.15, 0.2) is 77.3 Å². The van der Waals surface area contributed by atoms with Crippen molar-refractivity contribution in [3.8, 4) is 11.1 Å². The lowest BCUT2D eigenvalue weighted by Gasteiger charge is -2.46. The van der Waals surface area contributed by atoms with Gasteiger partial charge < -0.3 is 15.2 Å². The molecule has 186 valence electrons. The maximum absolute atomic E-state index is 12.3. The second-order valence-electron chi connectivity index (χ2n) is 9.40. The molecule has 7 heteroatoms. The summed E-state index contributed by atoms with van der Waals surface area (Å²) >= 11 is 3.42. The van der Waals surface area contributed by atoms with E-state index in [2.05, 4.69) is 45.5 Å². The quantitative estimate of drug-likeness (QED) is 0.339. The van der Waals surface area contributed by atoms with Crippen LogP contribution in [-0.2, 0) is 9.53 Å². The van der Waals surface area contributed by atoms with Gasteiger partial charge in [-0.25, -0.2) is 4.79 Å². The van der Waals surface area contributed by atoms with Crippen LogP contribution in [0.3, 0.4) is 0 Å². The predicted molar refractivity (Wildman–Crippen MR) is 142 cm³/mol. The lowest BCUT2D eigenvalue weighted by molar-refractivity contribution is -0.150. The summed E-state index contributed by atoms with van der Waals surface area (Å²) in [6, 6.07) is 23.9. The molecule has 3 aromatic rings. The van der Waals surface area contributed by atoms with Gasteiger partial charge in [-0.15, -0.1) is 0 Å². The number of nitrogens with zero attached hydrogens (tertiary/aromatic N) is 1. The van der Waals surface area contributed by atoms with E-state index < -0.39 is 18.1 Å². The monoisotopic (exact) mass is 548 g/mol. The minimum absolute atomic E-state index is 0.00884. The maximum Gasteiger partial charge on any atom is 0.407 e. The molecule has 1 aliphatic heterocycles. The smallest absolute Gasteiger partial charge is 0.407 e. The Morgan fingerprint density at radius 1 is 0.944 bits per heavy atom. The number of fused-ring (bicyclic) bond motifs is 3. The normalized spacial score (nSPS) is 18.7. The van der Waals surface area contributed by atoms with Gasteiger partial charge in [-0.05, 0) is 59.3 Å². The Morgan fingerprint density at radius 3 is 2.22 bits per heavy atom. The van der Waals surface area contributed by atoms with Gasteiger partial charge in [0.2, 0.25) is 0 Å². The number of amides is 1. The summed E-state index contributed by atoms with van der Waals surface area (Å²) in [7, 11) is 0. The lowest BCUT2D eigenvalue weighted by Crippen LogP contribution is -2.58. The zero-order valence-electron chi connectivity index (χ0n) is 19.9. The number of hydrogen-bond donors (Lipinski definition) is 2. The first-order chi connectivity index (χ1) is 17.5. The number of alkyl carbamates (subject to hydrolysis) is 1. The number of carbonyl (C=O) groups is 2. The highest BCUT2D eigenvalue weighted by Crippen LogP contribution is 2.44. The fourth-order valence-electron chi connectivity index (χ4n) is 5.42. The third kappa shape index (κ3) is 5.04. The number of carbonyl (C=O) groups excluding carboxylic acids is 1. The summed E-state index contributed by atoms with van der Waals surface area (Å²) in [6.45, 7) is 2.22. The van der Waals surface area contributed by atoms with Crippen molar-refractivity contribution in [3.63, 3.8) is 0 Å². The van der Waals surface area contributed by atoms with Gasteiger partial charge in [0.1, 0.15) is 12.6 Å². The summed E-state index contributed by atoms with van der Waals surface area (Å²) < 4.78 is 6.56. The van der Waals surface area contributed by atoms with Crippen molar-refractivity contribution in [2.45, 2.75) is 30.7 Å².